The van der Waals surface area contributed by atoms with Gasteiger partial charge in [-0.25, -0.2) is 0 Å². The molecule has 2 fully saturated rings. The molecule has 0 heterocycles. The number of unbranched alkanes of at least 4 members (excludes halogenated alkanes) is 1. The molecule has 0 aromatic heterocycles. The fourth-order valence-corrected chi connectivity index (χ4v) is 3.26. The molecule has 4 heteroatoms. The van der Waals surface area contributed by atoms with Crippen molar-refractivity contribution < 1.29 is 19.2 Å². The molecule has 2 saturated carbocycles. The summed E-state index contributed by atoms with van der Waals surface area (Å²) in [4.78, 5) is 46.6. The van der Waals surface area contributed by atoms with E-state index in [1.54, 1.807) is 0 Å². The first-order valence-electron chi connectivity index (χ1n) is 7.70. The second kappa shape index (κ2) is 6.91. The fraction of sp³-hybridized carbons (Fsp3) is 0.750. The second-order valence-corrected chi connectivity index (χ2v) is 5.96. The molecule has 4 nitrogen and oxygen atoms in total. The average molecular weight is 278 g/mol. The third-order valence-electron chi connectivity index (χ3n) is 4.48. The minimum Gasteiger partial charge on any atom is -0.299 e. The average Bonchev–Trinajstić information content (AvgIpc) is 3.02. The first kappa shape index (κ1) is 15.1. The van der Waals surface area contributed by atoms with Crippen molar-refractivity contribution in [1.29, 1.82) is 0 Å². The van der Waals surface area contributed by atoms with Gasteiger partial charge in [-0.15, -0.1) is 0 Å². The van der Waals surface area contributed by atoms with E-state index in [1.165, 1.54) is 0 Å². The van der Waals surface area contributed by atoms with Gasteiger partial charge in [-0.1, -0.05) is 0 Å². The highest BCUT2D eigenvalue weighted by molar-refractivity contribution is 6.04. The maximum absolute atomic E-state index is 11.8. The summed E-state index contributed by atoms with van der Waals surface area (Å²) < 4.78 is 0. The molecule has 0 aromatic rings. The lowest BCUT2D eigenvalue weighted by Crippen LogP contribution is -2.19. The highest BCUT2D eigenvalue weighted by Gasteiger charge is 2.31. The zero-order valence-corrected chi connectivity index (χ0v) is 11.9. The monoisotopic (exact) mass is 278 g/mol. The number of hydrogen-bond acceptors (Lipinski definition) is 4. The Balaban J connectivity index is 1.64. The van der Waals surface area contributed by atoms with Gasteiger partial charge in [0.15, 0.2) is 0 Å². The highest BCUT2D eigenvalue weighted by Crippen LogP contribution is 2.25. The molecule has 2 aliphatic rings. The lowest BCUT2D eigenvalue weighted by molar-refractivity contribution is -0.133. The van der Waals surface area contributed by atoms with E-state index >= 15 is 0 Å². The Morgan fingerprint density at radius 1 is 0.800 bits per heavy atom. The molecule has 0 amide bonds. The van der Waals surface area contributed by atoms with Crippen LogP contribution in [0.25, 0.3) is 0 Å². The Labute approximate surface area is 119 Å². The van der Waals surface area contributed by atoms with Crippen LogP contribution in [-0.4, -0.2) is 23.1 Å². The van der Waals surface area contributed by atoms with Crippen molar-refractivity contribution in [3.05, 3.63) is 0 Å². The molecule has 2 atom stereocenters. The standard InChI is InChI=1S/C16H22O4/c17-13(11-5-3-9-15(11)19)7-1-2-8-14(18)12-6-4-10-16(12)20/h11-12H,1-10H2. The molecule has 0 bridgehead atoms. The van der Waals surface area contributed by atoms with E-state index in [1.807, 2.05) is 0 Å². The highest BCUT2D eigenvalue weighted by atomic mass is 16.2. The number of rotatable bonds is 7. The molecule has 20 heavy (non-hydrogen) atoms. The normalized spacial score (nSPS) is 26.2. The number of hydrogen-bond donors (Lipinski definition) is 0. The molecular formula is C16H22O4. The van der Waals surface area contributed by atoms with E-state index in [4.69, 9.17) is 0 Å². The molecule has 0 aromatic carbocycles. The number of Topliss-reactive ketones (excluding diaryl/α,β-unsaturated/α-hetero) is 4. The molecule has 0 aliphatic heterocycles. The lowest BCUT2D eigenvalue weighted by Gasteiger charge is -2.08. The Kier molecular flexibility index (Phi) is 5.21. The van der Waals surface area contributed by atoms with Gasteiger partial charge in [0.1, 0.15) is 23.1 Å². The van der Waals surface area contributed by atoms with Crippen LogP contribution in [0.15, 0.2) is 0 Å². The quantitative estimate of drug-likeness (QED) is 0.530. The summed E-state index contributed by atoms with van der Waals surface area (Å²) in [6.45, 7) is 0. The Hall–Kier alpha value is -1.32. The molecule has 2 aliphatic carbocycles. The van der Waals surface area contributed by atoms with Gasteiger partial charge < -0.3 is 0 Å². The largest absolute Gasteiger partial charge is 0.299 e. The maximum Gasteiger partial charge on any atom is 0.143 e. The zero-order chi connectivity index (χ0) is 14.5. The third kappa shape index (κ3) is 3.62. The van der Waals surface area contributed by atoms with Crippen LogP contribution in [0.4, 0.5) is 0 Å². The van der Waals surface area contributed by atoms with Gasteiger partial charge in [0.05, 0.1) is 11.8 Å². The van der Waals surface area contributed by atoms with Crippen molar-refractivity contribution in [2.75, 3.05) is 0 Å². The summed E-state index contributed by atoms with van der Waals surface area (Å²) in [7, 11) is 0. The van der Waals surface area contributed by atoms with Crippen LogP contribution in [0.3, 0.4) is 0 Å². The topological polar surface area (TPSA) is 68.3 Å². The molecular weight excluding hydrogens is 256 g/mol. The third-order valence-corrected chi connectivity index (χ3v) is 4.48. The summed E-state index contributed by atoms with van der Waals surface area (Å²) in [5, 5.41) is 0. The molecule has 2 unspecified atom stereocenters. The van der Waals surface area contributed by atoms with Crippen molar-refractivity contribution in [1.82, 2.24) is 0 Å². The minimum absolute atomic E-state index is 0.0388. The van der Waals surface area contributed by atoms with Gasteiger partial charge in [0.25, 0.3) is 0 Å². The van der Waals surface area contributed by atoms with Gasteiger partial charge in [0.2, 0.25) is 0 Å². The SMILES string of the molecule is O=C(CCCCC(=O)C1CCCC1=O)C1CCCC1=O. The smallest absolute Gasteiger partial charge is 0.143 e. The van der Waals surface area contributed by atoms with Gasteiger partial charge in [-0.3, -0.25) is 19.2 Å². The Morgan fingerprint density at radius 3 is 1.50 bits per heavy atom. The van der Waals surface area contributed by atoms with E-state index in [-0.39, 0.29) is 35.0 Å². The second-order valence-electron chi connectivity index (χ2n) is 5.96. The van der Waals surface area contributed by atoms with Crippen LogP contribution in [0.5, 0.6) is 0 Å². The number of ketones is 4. The predicted molar refractivity (Wildman–Crippen MR) is 73.2 cm³/mol. The van der Waals surface area contributed by atoms with E-state index in [2.05, 4.69) is 0 Å². The van der Waals surface area contributed by atoms with E-state index in [0.717, 1.165) is 12.8 Å². The molecule has 2 rings (SSSR count). The molecule has 0 spiro atoms. The van der Waals surface area contributed by atoms with E-state index in [0.29, 0.717) is 51.4 Å². The number of carbonyl (C=O) groups is 4. The van der Waals surface area contributed by atoms with Crippen molar-refractivity contribution in [3.63, 3.8) is 0 Å². The van der Waals surface area contributed by atoms with Crippen LogP contribution in [0.1, 0.15) is 64.2 Å². The first-order valence-corrected chi connectivity index (χ1v) is 7.70. The van der Waals surface area contributed by atoms with Gasteiger partial charge in [-0.2, -0.15) is 0 Å². The Morgan fingerprint density at radius 2 is 1.20 bits per heavy atom. The summed E-state index contributed by atoms with van der Waals surface area (Å²) in [5.41, 5.74) is 0. The van der Waals surface area contributed by atoms with Crippen molar-refractivity contribution in [2.45, 2.75) is 64.2 Å². The summed E-state index contributed by atoms with van der Waals surface area (Å²) in [6.07, 6.45) is 6.22. The van der Waals surface area contributed by atoms with Crippen LogP contribution < -0.4 is 0 Å². The summed E-state index contributed by atoms with van der Waals surface area (Å²) in [6, 6.07) is 0. The van der Waals surface area contributed by atoms with Crippen LogP contribution >= 0.6 is 0 Å². The first-order chi connectivity index (χ1) is 9.59. The molecule has 0 saturated heterocycles. The zero-order valence-electron chi connectivity index (χ0n) is 11.9. The van der Waals surface area contributed by atoms with Gasteiger partial charge in [-0.05, 0) is 38.5 Å². The van der Waals surface area contributed by atoms with Crippen molar-refractivity contribution in [3.8, 4) is 0 Å². The van der Waals surface area contributed by atoms with Crippen LogP contribution in [0, 0.1) is 11.8 Å². The van der Waals surface area contributed by atoms with Gasteiger partial charge >= 0.3 is 0 Å². The summed E-state index contributed by atoms with van der Waals surface area (Å²) in [5.74, 6) is -0.497. The molecule has 0 N–H and O–H groups in total. The maximum atomic E-state index is 11.8. The van der Waals surface area contributed by atoms with Crippen molar-refractivity contribution >= 4 is 23.1 Å². The molecule has 110 valence electrons. The number of carbonyl (C=O) groups excluding carboxylic acids is 4. The molecule has 0 radical (unpaired) electrons. The Bertz CT molecular complexity index is 384. The summed E-state index contributed by atoms with van der Waals surface area (Å²) >= 11 is 0. The van der Waals surface area contributed by atoms with Gasteiger partial charge in [0, 0.05) is 25.7 Å². The van der Waals surface area contributed by atoms with E-state index in [9.17, 15) is 19.2 Å². The predicted octanol–water partition coefficient (Wildman–Crippen LogP) is 2.42. The minimum atomic E-state index is -0.373. The van der Waals surface area contributed by atoms with Crippen molar-refractivity contribution in [2.24, 2.45) is 11.8 Å². The van der Waals surface area contributed by atoms with Crippen LogP contribution in [0.2, 0.25) is 0 Å². The van der Waals surface area contributed by atoms with Crippen LogP contribution in [-0.2, 0) is 19.2 Å². The van der Waals surface area contributed by atoms with E-state index < -0.39 is 0 Å². The lowest BCUT2D eigenvalue weighted by atomic mass is 9.94. The fourth-order valence-electron chi connectivity index (χ4n) is 3.26.